The maximum absolute atomic E-state index is 12.6. The van der Waals surface area contributed by atoms with Crippen LogP contribution in [0.15, 0.2) is 36.5 Å². The van der Waals surface area contributed by atoms with Gasteiger partial charge < -0.3 is 27.9 Å². The lowest BCUT2D eigenvalue weighted by molar-refractivity contribution is -0.870. The van der Waals surface area contributed by atoms with Gasteiger partial charge in [0, 0.05) is 13.0 Å². The monoisotopic (exact) mass is 756 g/mol. The molecule has 0 amide bonds. The molecule has 0 bridgehead atoms. The molecular formula is C43H82NO7P. The van der Waals surface area contributed by atoms with Crippen molar-refractivity contribution in [2.75, 3.05) is 54.1 Å². The summed E-state index contributed by atoms with van der Waals surface area (Å²) in [5, 5.41) is 0. The van der Waals surface area contributed by atoms with E-state index in [0.717, 1.165) is 57.8 Å². The normalized spacial score (nSPS) is 14.2. The van der Waals surface area contributed by atoms with Crippen LogP contribution in [0.3, 0.4) is 0 Å². The van der Waals surface area contributed by atoms with Crippen molar-refractivity contribution in [3.63, 3.8) is 0 Å². The quantitative estimate of drug-likeness (QED) is 0.0203. The Kier molecular flexibility index (Phi) is 35.8. The first-order valence-corrected chi connectivity index (χ1v) is 22.7. The predicted octanol–water partition coefficient (Wildman–Crippen LogP) is 11.6. The van der Waals surface area contributed by atoms with Crippen molar-refractivity contribution in [3.05, 3.63) is 36.5 Å². The minimum atomic E-state index is -4.53. The topological polar surface area (TPSA) is 94.1 Å². The second-order valence-corrected chi connectivity index (χ2v) is 16.8. The summed E-state index contributed by atoms with van der Waals surface area (Å²) in [5.41, 5.74) is 0. The van der Waals surface area contributed by atoms with Gasteiger partial charge in [-0.15, -0.1) is 0 Å². The second kappa shape index (κ2) is 36.7. The van der Waals surface area contributed by atoms with Crippen LogP contribution in [-0.2, 0) is 27.9 Å². The lowest BCUT2D eigenvalue weighted by Gasteiger charge is -2.28. The Hall–Kier alpha value is -1.28. The maximum Gasteiger partial charge on any atom is 0.306 e. The lowest BCUT2D eigenvalue weighted by atomic mass is 10.1. The molecule has 306 valence electrons. The number of quaternary nitrogens is 1. The van der Waals surface area contributed by atoms with E-state index in [-0.39, 0.29) is 25.8 Å². The molecule has 0 aromatic heterocycles. The zero-order chi connectivity index (χ0) is 38.4. The van der Waals surface area contributed by atoms with Gasteiger partial charge in [-0.3, -0.25) is 9.36 Å². The van der Waals surface area contributed by atoms with Crippen molar-refractivity contribution >= 4 is 13.8 Å². The van der Waals surface area contributed by atoms with Crippen LogP contribution in [0.4, 0.5) is 0 Å². The van der Waals surface area contributed by atoms with Gasteiger partial charge in [0.15, 0.2) is 0 Å². The minimum absolute atomic E-state index is 0.0218. The van der Waals surface area contributed by atoms with Gasteiger partial charge in [-0.25, -0.2) is 0 Å². The van der Waals surface area contributed by atoms with Crippen molar-refractivity contribution < 1.29 is 37.3 Å². The number of likely N-dealkylation sites (N-methyl/N-ethyl adjacent to an activating group) is 1. The summed E-state index contributed by atoms with van der Waals surface area (Å²) in [6.45, 7) is 5.35. The molecule has 9 heteroatoms. The Bertz CT molecular complexity index is 931. The first-order valence-electron chi connectivity index (χ1n) is 21.2. The molecule has 0 aromatic rings. The van der Waals surface area contributed by atoms with E-state index >= 15 is 0 Å². The molecule has 52 heavy (non-hydrogen) atoms. The first-order chi connectivity index (χ1) is 25.1. The van der Waals surface area contributed by atoms with Gasteiger partial charge in [0.1, 0.15) is 19.3 Å². The highest BCUT2D eigenvalue weighted by Crippen LogP contribution is 2.38. The Balaban J connectivity index is 4.30. The molecule has 0 aliphatic rings. The number of phosphoric acid groups is 1. The number of nitrogens with zero attached hydrogens (tertiary/aromatic N) is 1. The third kappa shape index (κ3) is 39.9. The minimum Gasteiger partial charge on any atom is -0.756 e. The highest BCUT2D eigenvalue weighted by molar-refractivity contribution is 7.45. The molecule has 0 aliphatic carbocycles. The number of esters is 1. The van der Waals surface area contributed by atoms with Crippen LogP contribution >= 0.6 is 7.82 Å². The fourth-order valence-electron chi connectivity index (χ4n) is 5.57. The number of allylic oxidation sites excluding steroid dienone is 6. The van der Waals surface area contributed by atoms with Gasteiger partial charge in [-0.05, 0) is 70.6 Å². The van der Waals surface area contributed by atoms with E-state index in [2.05, 4.69) is 50.3 Å². The SMILES string of the molecule is CCCCCC/C=C\C/C=C\CCCCCCCC(=O)OC(COCCCCCCCC/C=C\CCCCCC)COP(=O)([O-])OCC[N+](C)(C)C. The fraction of sp³-hybridized carbons (Fsp3) is 0.837. The number of phosphoric ester groups is 1. The Morgan fingerprint density at radius 1 is 0.596 bits per heavy atom. The smallest absolute Gasteiger partial charge is 0.306 e. The van der Waals surface area contributed by atoms with Gasteiger partial charge >= 0.3 is 5.97 Å². The molecule has 2 unspecified atom stereocenters. The number of unbranched alkanes of at least 4 members (excludes halogenated alkanes) is 19. The molecular weight excluding hydrogens is 673 g/mol. The van der Waals surface area contributed by atoms with E-state index in [9.17, 15) is 14.3 Å². The van der Waals surface area contributed by atoms with Crippen molar-refractivity contribution in [2.45, 2.75) is 180 Å². The van der Waals surface area contributed by atoms with E-state index < -0.39 is 13.9 Å². The Morgan fingerprint density at radius 3 is 1.58 bits per heavy atom. The van der Waals surface area contributed by atoms with Gasteiger partial charge in [-0.2, -0.15) is 0 Å². The first kappa shape index (κ1) is 50.7. The Morgan fingerprint density at radius 2 is 1.06 bits per heavy atom. The van der Waals surface area contributed by atoms with Crippen LogP contribution in [0.2, 0.25) is 0 Å². The largest absolute Gasteiger partial charge is 0.756 e. The Labute approximate surface area is 321 Å². The summed E-state index contributed by atoms with van der Waals surface area (Å²) >= 11 is 0. The zero-order valence-electron chi connectivity index (χ0n) is 34.5. The molecule has 0 aliphatic heterocycles. The van der Waals surface area contributed by atoms with Crippen LogP contribution < -0.4 is 4.89 Å². The van der Waals surface area contributed by atoms with Gasteiger partial charge in [0.2, 0.25) is 0 Å². The van der Waals surface area contributed by atoms with Crippen molar-refractivity contribution in [2.24, 2.45) is 0 Å². The lowest BCUT2D eigenvalue weighted by Crippen LogP contribution is -2.37. The van der Waals surface area contributed by atoms with Crippen molar-refractivity contribution in [3.8, 4) is 0 Å². The summed E-state index contributed by atoms with van der Waals surface area (Å²) in [4.78, 5) is 25.0. The molecule has 0 saturated heterocycles. The van der Waals surface area contributed by atoms with E-state index in [1.54, 1.807) is 0 Å². The number of ether oxygens (including phenoxy) is 2. The molecule has 0 saturated carbocycles. The highest BCUT2D eigenvalue weighted by atomic mass is 31.2. The highest BCUT2D eigenvalue weighted by Gasteiger charge is 2.20. The van der Waals surface area contributed by atoms with Gasteiger partial charge in [-0.1, -0.05) is 134 Å². The van der Waals surface area contributed by atoms with Gasteiger partial charge in [0.05, 0.1) is 34.4 Å². The molecule has 2 atom stereocenters. The molecule has 0 fully saturated rings. The van der Waals surface area contributed by atoms with Crippen LogP contribution in [0.1, 0.15) is 174 Å². The third-order valence-electron chi connectivity index (χ3n) is 8.91. The average Bonchev–Trinajstić information content (AvgIpc) is 3.09. The number of rotatable bonds is 39. The second-order valence-electron chi connectivity index (χ2n) is 15.3. The summed E-state index contributed by atoms with van der Waals surface area (Å²) < 4.78 is 34.5. The number of hydrogen-bond donors (Lipinski definition) is 0. The molecule has 0 aromatic carbocycles. The van der Waals surface area contributed by atoms with Crippen molar-refractivity contribution in [1.82, 2.24) is 0 Å². The number of carbonyl (C=O) groups excluding carboxylic acids is 1. The predicted molar refractivity (Wildman–Crippen MR) is 217 cm³/mol. The summed E-state index contributed by atoms with van der Waals surface area (Å²) in [5.74, 6) is -0.350. The standard InChI is InChI=1S/C43H82NO7P/c1-6-8-10-12-14-16-18-20-22-23-24-26-28-30-32-34-36-43(45)51-42(41-50-52(46,47)49-39-37-44(3,4)5)40-48-38-35-33-31-29-27-25-21-19-17-15-13-11-9-7-2/h16-19,22-23,42H,6-15,20-21,24-41H2,1-5H3/b18-16-,19-17-,23-22-. The molecule has 0 rings (SSSR count). The van der Waals surface area contributed by atoms with E-state index in [1.165, 1.54) is 96.3 Å². The van der Waals surface area contributed by atoms with Crippen molar-refractivity contribution in [1.29, 1.82) is 0 Å². The van der Waals surface area contributed by atoms with Gasteiger partial charge in [0.25, 0.3) is 7.82 Å². The molecule has 0 heterocycles. The van der Waals surface area contributed by atoms with E-state index in [0.29, 0.717) is 24.1 Å². The fourth-order valence-corrected chi connectivity index (χ4v) is 6.30. The molecule has 0 N–H and O–H groups in total. The number of hydrogen-bond acceptors (Lipinski definition) is 7. The van der Waals surface area contributed by atoms with Crippen LogP contribution in [0.25, 0.3) is 0 Å². The number of carbonyl (C=O) groups is 1. The molecule has 0 spiro atoms. The summed E-state index contributed by atoms with van der Waals surface area (Å²) in [6.07, 6.45) is 41.5. The summed E-state index contributed by atoms with van der Waals surface area (Å²) in [7, 11) is 1.34. The average molecular weight is 756 g/mol. The van der Waals surface area contributed by atoms with Crippen LogP contribution in [-0.4, -0.2) is 70.7 Å². The zero-order valence-corrected chi connectivity index (χ0v) is 35.4. The summed E-state index contributed by atoms with van der Waals surface area (Å²) in [6, 6.07) is 0. The van der Waals surface area contributed by atoms with Crippen LogP contribution in [0.5, 0.6) is 0 Å². The van der Waals surface area contributed by atoms with Crippen LogP contribution in [0, 0.1) is 0 Å². The molecule has 8 nitrogen and oxygen atoms in total. The molecule has 0 radical (unpaired) electrons. The van der Waals surface area contributed by atoms with E-state index in [1.807, 2.05) is 21.1 Å². The van der Waals surface area contributed by atoms with E-state index in [4.69, 9.17) is 18.5 Å². The third-order valence-corrected chi connectivity index (χ3v) is 9.88. The maximum atomic E-state index is 12.6.